The summed E-state index contributed by atoms with van der Waals surface area (Å²) in [5.74, 6) is 0.683. The first kappa shape index (κ1) is 13.0. The largest absolute Gasteiger partial charge is 0.350 e. The van der Waals surface area contributed by atoms with Crippen LogP contribution < -0.4 is 5.32 Å². The molecule has 4 rings (SSSR count). The van der Waals surface area contributed by atoms with Gasteiger partial charge < -0.3 is 9.72 Å². The molecule has 3 aromatic rings. The van der Waals surface area contributed by atoms with Crippen LogP contribution in [0.5, 0.6) is 0 Å². The van der Waals surface area contributed by atoms with Crippen LogP contribution in [0.25, 0.3) is 5.65 Å². The summed E-state index contributed by atoms with van der Waals surface area (Å²) in [4.78, 5) is 21.1. The zero-order valence-corrected chi connectivity index (χ0v) is 12.2. The lowest BCUT2D eigenvalue weighted by Crippen LogP contribution is -2.22. The Morgan fingerprint density at radius 3 is 3.18 bits per heavy atom. The predicted molar refractivity (Wildman–Crippen MR) is 79.2 cm³/mol. The number of imidazole rings is 1. The van der Waals surface area contributed by atoms with E-state index in [9.17, 15) is 4.79 Å². The van der Waals surface area contributed by atoms with Crippen molar-refractivity contribution in [2.24, 2.45) is 0 Å². The minimum Gasteiger partial charge on any atom is -0.350 e. The molecule has 22 heavy (non-hydrogen) atoms. The number of hydrogen-bond acceptors (Lipinski definition) is 4. The van der Waals surface area contributed by atoms with Crippen molar-refractivity contribution >= 4 is 11.6 Å². The van der Waals surface area contributed by atoms with Crippen LogP contribution in [-0.2, 0) is 17.9 Å². The molecule has 3 aromatic heterocycles. The fourth-order valence-electron chi connectivity index (χ4n) is 3.10. The van der Waals surface area contributed by atoms with E-state index in [0.29, 0.717) is 13.0 Å². The molecule has 0 radical (unpaired) electrons. The third-order valence-corrected chi connectivity index (χ3v) is 4.07. The zero-order valence-electron chi connectivity index (χ0n) is 12.2. The Hall–Kier alpha value is -2.70. The van der Waals surface area contributed by atoms with E-state index in [1.54, 1.807) is 6.33 Å². The Morgan fingerprint density at radius 1 is 1.41 bits per heavy atom. The number of rotatable bonds is 2. The maximum Gasteiger partial charge on any atom is 0.221 e. The Balaban J connectivity index is 1.96. The number of nitrogens with zero attached hydrogens (tertiary/aromatic N) is 5. The van der Waals surface area contributed by atoms with E-state index in [0.717, 1.165) is 29.4 Å². The molecule has 1 amide bonds. The molecule has 0 saturated heterocycles. The normalized spacial score (nSPS) is 18.0. The summed E-state index contributed by atoms with van der Waals surface area (Å²) >= 11 is 0. The quantitative estimate of drug-likeness (QED) is 0.768. The highest BCUT2D eigenvalue weighted by molar-refractivity contribution is 5.78. The maximum absolute atomic E-state index is 12.1. The van der Waals surface area contributed by atoms with E-state index in [1.807, 2.05) is 36.0 Å². The van der Waals surface area contributed by atoms with Gasteiger partial charge in [0.2, 0.25) is 5.91 Å². The molecule has 0 bridgehead atoms. The molecule has 7 nitrogen and oxygen atoms in total. The molecule has 0 aromatic carbocycles. The summed E-state index contributed by atoms with van der Waals surface area (Å²) in [6.07, 6.45) is 3.88. The summed E-state index contributed by atoms with van der Waals surface area (Å²) in [6, 6.07) is 5.90. The van der Waals surface area contributed by atoms with Crippen molar-refractivity contribution in [2.75, 3.05) is 0 Å². The van der Waals surface area contributed by atoms with Gasteiger partial charge in [0.15, 0.2) is 0 Å². The molecule has 1 aliphatic rings. The Morgan fingerprint density at radius 2 is 2.32 bits per heavy atom. The number of aryl methyl sites for hydroxylation is 1. The smallest absolute Gasteiger partial charge is 0.221 e. The van der Waals surface area contributed by atoms with Crippen LogP contribution in [-0.4, -0.2) is 30.1 Å². The lowest BCUT2D eigenvalue weighted by molar-refractivity contribution is -0.121. The minimum absolute atomic E-state index is 0.0123. The van der Waals surface area contributed by atoms with E-state index >= 15 is 0 Å². The van der Waals surface area contributed by atoms with Gasteiger partial charge in [-0.2, -0.15) is 5.10 Å². The van der Waals surface area contributed by atoms with Gasteiger partial charge in [0, 0.05) is 19.2 Å². The minimum atomic E-state index is -0.141. The van der Waals surface area contributed by atoms with Crippen LogP contribution in [0.1, 0.15) is 36.5 Å². The molecule has 0 spiro atoms. The van der Waals surface area contributed by atoms with E-state index in [-0.39, 0.29) is 11.8 Å². The standard InChI is InChI=1S/C15H16N6O/c1-2-21-15(17-9-18-21)10-7-13(22)16-8-11-14(10)20-6-4-3-5-12(20)19-11/h3-6,9-10H,2,7-8H2,1H3,(H,16,22). The highest BCUT2D eigenvalue weighted by Crippen LogP contribution is 2.31. The number of pyridine rings is 1. The number of amides is 1. The van der Waals surface area contributed by atoms with Gasteiger partial charge in [-0.3, -0.25) is 4.79 Å². The fourth-order valence-corrected chi connectivity index (χ4v) is 3.10. The molecule has 1 aliphatic heterocycles. The average Bonchev–Trinajstić information content (AvgIpc) is 3.11. The number of fused-ring (bicyclic) bond motifs is 3. The third kappa shape index (κ3) is 1.89. The van der Waals surface area contributed by atoms with Crippen LogP contribution in [0.4, 0.5) is 0 Å². The Labute approximate surface area is 127 Å². The average molecular weight is 296 g/mol. The van der Waals surface area contributed by atoms with Crippen molar-refractivity contribution in [3.8, 4) is 0 Å². The summed E-state index contributed by atoms with van der Waals surface area (Å²) < 4.78 is 3.89. The monoisotopic (exact) mass is 296 g/mol. The van der Waals surface area contributed by atoms with Crippen molar-refractivity contribution in [1.82, 2.24) is 29.5 Å². The van der Waals surface area contributed by atoms with Crippen molar-refractivity contribution < 1.29 is 4.79 Å². The van der Waals surface area contributed by atoms with Crippen LogP contribution in [0.3, 0.4) is 0 Å². The van der Waals surface area contributed by atoms with Gasteiger partial charge in [0.1, 0.15) is 17.8 Å². The molecule has 7 heteroatoms. The van der Waals surface area contributed by atoms with Crippen LogP contribution in [0, 0.1) is 0 Å². The second kappa shape index (κ2) is 4.94. The molecule has 1 atom stereocenters. The van der Waals surface area contributed by atoms with Crippen molar-refractivity contribution in [2.45, 2.75) is 32.4 Å². The first-order valence-electron chi connectivity index (χ1n) is 7.38. The van der Waals surface area contributed by atoms with Crippen molar-refractivity contribution in [3.05, 3.63) is 47.9 Å². The van der Waals surface area contributed by atoms with Crippen LogP contribution in [0.15, 0.2) is 30.7 Å². The summed E-state index contributed by atoms with van der Waals surface area (Å²) in [7, 11) is 0. The van der Waals surface area contributed by atoms with Crippen molar-refractivity contribution in [3.63, 3.8) is 0 Å². The number of carbonyl (C=O) groups excluding carboxylic acids is 1. The number of aromatic nitrogens is 5. The Kier molecular flexibility index (Phi) is 2.92. The van der Waals surface area contributed by atoms with E-state index in [1.165, 1.54) is 0 Å². The van der Waals surface area contributed by atoms with Gasteiger partial charge in [0.25, 0.3) is 0 Å². The molecular formula is C15H16N6O. The number of carbonyl (C=O) groups is 1. The zero-order chi connectivity index (χ0) is 15.1. The SMILES string of the molecule is CCn1ncnc1C1CC(=O)NCc2nc3ccccn3c21. The van der Waals surface area contributed by atoms with Gasteiger partial charge in [-0.15, -0.1) is 0 Å². The molecule has 0 aliphatic carbocycles. The summed E-state index contributed by atoms with van der Waals surface area (Å²) in [6.45, 7) is 3.19. The highest BCUT2D eigenvalue weighted by atomic mass is 16.1. The molecule has 0 saturated carbocycles. The molecule has 1 N–H and O–H groups in total. The highest BCUT2D eigenvalue weighted by Gasteiger charge is 2.31. The fraction of sp³-hybridized carbons (Fsp3) is 0.333. The first-order chi connectivity index (χ1) is 10.8. The van der Waals surface area contributed by atoms with Crippen molar-refractivity contribution in [1.29, 1.82) is 0 Å². The molecule has 1 unspecified atom stereocenters. The van der Waals surface area contributed by atoms with E-state index < -0.39 is 0 Å². The lowest BCUT2D eigenvalue weighted by atomic mass is 9.99. The van der Waals surface area contributed by atoms with Gasteiger partial charge in [0.05, 0.1) is 23.9 Å². The molecule has 0 fully saturated rings. The van der Waals surface area contributed by atoms with E-state index in [2.05, 4.69) is 24.8 Å². The lowest BCUT2D eigenvalue weighted by Gasteiger charge is -2.15. The van der Waals surface area contributed by atoms with Crippen LogP contribution in [0.2, 0.25) is 0 Å². The van der Waals surface area contributed by atoms with Gasteiger partial charge in [-0.05, 0) is 19.1 Å². The molecule has 112 valence electrons. The second-order valence-electron chi connectivity index (χ2n) is 5.34. The molecular weight excluding hydrogens is 280 g/mol. The topological polar surface area (TPSA) is 77.1 Å². The maximum atomic E-state index is 12.1. The van der Waals surface area contributed by atoms with Crippen LogP contribution >= 0.6 is 0 Å². The molecule has 4 heterocycles. The van der Waals surface area contributed by atoms with Gasteiger partial charge in [-0.1, -0.05) is 6.07 Å². The third-order valence-electron chi connectivity index (χ3n) is 4.07. The number of nitrogens with one attached hydrogen (secondary N) is 1. The summed E-state index contributed by atoms with van der Waals surface area (Å²) in [5, 5.41) is 7.17. The van der Waals surface area contributed by atoms with E-state index in [4.69, 9.17) is 0 Å². The predicted octanol–water partition coefficient (Wildman–Crippen LogP) is 1.10. The second-order valence-corrected chi connectivity index (χ2v) is 5.34. The van der Waals surface area contributed by atoms with Gasteiger partial charge in [-0.25, -0.2) is 14.6 Å². The summed E-state index contributed by atoms with van der Waals surface area (Å²) in [5.41, 5.74) is 2.81. The number of hydrogen-bond donors (Lipinski definition) is 1. The first-order valence-corrected chi connectivity index (χ1v) is 7.38. The Bertz CT molecular complexity index is 849. The van der Waals surface area contributed by atoms with Gasteiger partial charge >= 0.3 is 0 Å².